The van der Waals surface area contributed by atoms with Gasteiger partial charge >= 0.3 is 0 Å². The van der Waals surface area contributed by atoms with Gasteiger partial charge in [-0.1, -0.05) is 103 Å². The van der Waals surface area contributed by atoms with E-state index in [1.54, 1.807) is 17.0 Å². The highest BCUT2D eigenvalue weighted by molar-refractivity contribution is 5.89. The van der Waals surface area contributed by atoms with Crippen LogP contribution in [0.25, 0.3) is 0 Å². The maximum Gasteiger partial charge on any atom is 0.247 e. The second-order valence-electron chi connectivity index (χ2n) is 8.65. The fourth-order valence-corrected chi connectivity index (χ4v) is 4.16. The van der Waals surface area contributed by atoms with E-state index in [0.29, 0.717) is 13.0 Å². The van der Waals surface area contributed by atoms with E-state index in [-0.39, 0.29) is 30.6 Å². The highest BCUT2D eigenvalue weighted by atomic mass is 19.1. The molecule has 0 saturated heterocycles. The number of carbonyl (C=O) groups is 2. The van der Waals surface area contributed by atoms with Crippen LogP contribution < -0.4 is 5.32 Å². The Kier molecular flexibility index (Phi) is 8.60. The SMILES string of the molecule is O=C(NCCc1ccccc1)C(c1ccccc1)N(Cc1ccc(F)cc1)C(=O)Cc1ccccc1. The lowest BCUT2D eigenvalue weighted by Crippen LogP contribution is -2.44. The van der Waals surface area contributed by atoms with Crippen molar-refractivity contribution >= 4 is 11.8 Å². The monoisotopic (exact) mass is 480 g/mol. The van der Waals surface area contributed by atoms with Crippen LogP contribution in [-0.4, -0.2) is 23.3 Å². The summed E-state index contributed by atoms with van der Waals surface area (Å²) in [5.74, 6) is -0.780. The zero-order chi connectivity index (χ0) is 25.2. The normalized spacial score (nSPS) is 11.5. The Hall–Kier alpha value is -4.25. The van der Waals surface area contributed by atoms with Gasteiger partial charge in [0.2, 0.25) is 11.8 Å². The van der Waals surface area contributed by atoms with E-state index in [1.807, 2.05) is 91.0 Å². The van der Waals surface area contributed by atoms with Crippen LogP contribution in [0.4, 0.5) is 4.39 Å². The maximum atomic E-state index is 13.7. The van der Waals surface area contributed by atoms with Gasteiger partial charge in [0.15, 0.2) is 0 Å². The number of rotatable bonds is 10. The molecule has 0 spiro atoms. The minimum Gasteiger partial charge on any atom is -0.354 e. The zero-order valence-electron chi connectivity index (χ0n) is 20.0. The lowest BCUT2D eigenvalue weighted by molar-refractivity contribution is -0.141. The first kappa shape index (κ1) is 24.9. The minimum absolute atomic E-state index is 0.155. The molecule has 182 valence electrons. The summed E-state index contributed by atoms with van der Waals surface area (Å²) >= 11 is 0. The van der Waals surface area contributed by atoms with Crippen LogP contribution in [0.5, 0.6) is 0 Å². The molecule has 0 aliphatic heterocycles. The fraction of sp³-hybridized carbons (Fsp3) is 0.161. The molecule has 4 aromatic carbocycles. The van der Waals surface area contributed by atoms with Crippen molar-refractivity contribution in [2.24, 2.45) is 0 Å². The van der Waals surface area contributed by atoms with Crippen molar-refractivity contribution in [3.8, 4) is 0 Å². The molecule has 0 aromatic heterocycles. The molecule has 1 unspecified atom stereocenters. The Morgan fingerprint density at radius 3 is 1.86 bits per heavy atom. The molecule has 5 heteroatoms. The molecular weight excluding hydrogens is 451 g/mol. The van der Waals surface area contributed by atoms with Gasteiger partial charge in [0.25, 0.3) is 0 Å². The molecule has 0 bridgehead atoms. The molecular formula is C31H29FN2O2. The van der Waals surface area contributed by atoms with E-state index in [0.717, 1.165) is 22.3 Å². The third kappa shape index (κ3) is 6.89. The highest BCUT2D eigenvalue weighted by Gasteiger charge is 2.31. The number of hydrogen-bond donors (Lipinski definition) is 1. The molecule has 1 N–H and O–H groups in total. The average molecular weight is 481 g/mol. The molecule has 4 aromatic rings. The maximum absolute atomic E-state index is 13.7. The summed E-state index contributed by atoms with van der Waals surface area (Å²) in [6.45, 7) is 0.626. The van der Waals surface area contributed by atoms with Crippen LogP contribution >= 0.6 is 0 Å². The van der Waals surface area contributed by atoms with Crippen molar-refractivity contribution in [2.75, 3.05) is 6.54 Å². The molecule has 4 nitrogen and oxygen atoms in total. The van der Waals surface area contributed by atoms with Gasteiger partial charge in [-0.2, -0.15) is 0 Å². The predicted octanol–water partition coefficient (Wildman–Crippen LogP) is 5.50. The number of nitrogens with zero attached hydrogens (tertiary/aromatic N) is 1. The Balaban J connectivity index is 1.62. The zero-order valence-corrected chi connectivity index (χ0v) is 20.0. The summed E-state index contributed by atoms with van der Waals surface area (Å²) in [6, 6.07) is 33.9. The Bertz CT molecular complexity index is 1250. The largest absolute Gasteiger partial charge is 0.354 e. The van der Waals surface area contributed by atoms with Crippen molar-refractivity contribution in [3.63, 3.8) is 0 Å². The number of amides is 2. The number of benzene rings is 4. The lowest BCUT2D eigenvalue weighted by atomic mass is 10.0. The molecule has 2 amide bonds. The first-order chi connectivity index (χ1) is 17.6. The van der Waals surface area contributed by atoms with Crippen LogP contribution in [-0.2, 0) is 29.0 Å². The van der Waals surface area contributed by atoms with Crippen LogP contribution in [0.1, 0.15) is 28.3 Å². The molecule has 0 radical (unpaired) electrons. The third-order valence-corrected chi connectivity index (χ3v) is 6.02. The van der Waals surface area contributed by atoms with E-state index in [1.165, 1.54) is 12.1 Å². The second kappa shape index (κ2) is 12.5. The molecule has 36 heavy (non-hydrogen) atoms. The number of hydrogen-bond acceptors (Lipinski definition) is 2. The van der Waals surface area contributed by atoms with Gasteiger partial charge in [-0.3, -0.25) is 9.59 Å². The summed E-state index contributed by atoms with van der Waals surface area (Å²) < 4.78 is 13.6. The Labute approximate surface area is 211 Å². The van der Waals surface area contributed by atoms with Gasteiger partial charge in [0.05, 0.1) is 6.42 Å². The van der Waals surface area contributed by atoms with Crippen LogP contribution in [0.15, 0.2) is 115 Å². The molecule has 0 saturated carbocycles. The van der Waals surface area contributed by atoms with Crippen molar-refractivity contribution in [1.82, 2.24) is 10.2 Å². The van der Waals surface area contributed by atoms with Crippen molar-refractivity contribution in [1.29, 1.82) is 0 Å². The fourth-order valence-electron chi connectivity index (χ4n) is 4.16. The van der Waals surface area contributed by atoms with Gasteiger partial charge in [-0.05, 0) is 40.8 Å². The van der Waals surface area contributed by atoms with E-state index in [2.05, 4.69) is 5.32 Å². The Morgan fingerprint density at radius 2 is 1.25 bits per heavy atom. The number of carbonyl (C=O) groups excluding carboxylic acids is 2. The minimum atomic E-state index is -0.830. The van der Waals surface area contributed by atoms with Crippen LogP contribution in [0, 0.1) is 5.82 Å². The van der Waals surface area contributed by atoms with E-state index in [9.17, 15) is 14.0 Å². The van der Waals surface area contributed by atoms with Gasteiger partial charge in [-0.15, -0.1) is 0 Å². The topological polar surface area (TPSA) is 49.4 Å². The summed E-state index contributed by atoms with van der Waals surface area (Å²) in [5.41, 5.74) is 3.45. The Morgan fingerprint density at radius 1 is 0.694 bits per heavy atom. The molecule has 4 rings (SSSR count). The molecule has 1 atom stereocenters. The number of halogens is 1. The van der Waals surface area contributed by atoms with E-state index in [4.69, 9.17) is 0 Å². The lowest BCUT2D eigenvalue weighted by Gasteiger charge is -2.32. The average Bonchev–Trinajstić information content (AvgIpc) is 2.91. The smallest absolute Gasteiger partial charge is 0.247 e. The van der Waals surface area contributed by atoms with Gasteiger partial charge in [-0.25, -0.2) is 4.39 Å². The molecule has 0 heterocycles. The second-order valence-corrected chi connectivity index (χ2v) is 8.65. The standard InChI is InChI=1S/C31H29FN2O2/c32-28-18-16-26(17-19-28)23-34(29(35)22-25-12-6-2-7-13-25)30(27-14-8-3-9-15-27)31(36)33-21-20-24-10-4-1-5-11-24/h1-19,30H,20-23H2,(H,33,36). The van der Waals surface area contributed by atoms with Gasteiger partial charge in [0.1, 0.15) is 11.9 Å². The first-order valence-corrected chi connectivity index (χ1v) is 12.0. The third-order valence-electron chi connectivity index (χ3n) is 6.02. The molecule has 0 fully saturated rings. The van der Waals surface area contributed by atoms with Gasteiger partial charge < -0.3 is 10.2 Å². The summed E-state index contributed by atoms with van der Waals surface area (Å²) in [5, 5.41) is 3.03. The highest BCUT2D eigenvalue weighted by Crippen LogP contribution is 2.25. The van der Waals surface area contributed by atoms with Crippen molar-refractivity contribution in [2.45, 2.75) is 25.4 Å². The summed E-state index contributed by atoms with van der Waals surface area (Å²) in [7, 11) is 0. The summed E-state index contributed by atoms with van der Waals surface area (Å²) in [4.78, 5) is 28.9. The summed E-state index contributed by atoms with van der Waals surface area (Å²) in [6.07, 6.45) is 0.840. The quantitative estimate of drug-likeness (QED) is 0.326. The van der Waals surface area contributed by atoms with Crippen molar-refractivity contribution < 1.29 is 14.0 Å². The van der Waals surface area contributed by atoms with Crippen molar-refractivity contribution in [3.05, 3.63) is 143 Å². The molecule has 0 aliphatic carbocycles. The van der Waals surface area contributed by atoms with E-state index >= 15 is 0 Å². The van der Waals surface area contributed by atoms with Crippen LogP contribution in [0.3, 0.4) is 0 Å². The predicted molar refractivity (Wildman–Crippen MR) is 139 cm³/mol. The first-order valence-electron chi connectivity index (χ1n) is 12.0. The molecule has 0 aliphatic rings. The van der Waals surface area contributed by atoms with Crippen LogP contribution in [0.2, 0.25) is 0 Å². The number of nitrogens with one attached hydrogen (secondary N) is 1. The van der Waals surface area contributed by atoms with E-state index < -0.39 is 6.04 Å². The van der Waals surface area contributed by atoms with Gasteiger partial charge in [0, 0.05) is 13.1 Å².